The SMILES string of the molecule is O=C(NC1CC(C(=O)O)N(C(=O)c2ccc3cc[nH]c3c2)C1)C1CCN(c2ccncc2)CC1. The second-order valence-electron chi connectivity index (χ2n) is 9.00. The molecule has 9 heteroatoms. The predicted molar refractivity (Wildman–Crippen MR) is 126 cm³/mol. The number of hydrogen-bond donors (Lipinski definition) is 3. The Morgan fingerprint density at radius 3 is 2.56 bits per heavy atom. The van der Waals surface area contributed by atoms with Gasteiger partial charge in [-0.3, -0.25) is 14.6 Å². The van der Waals surface area contributed by atoms with E-state index >= 15 is 0 Å². The van der Waals surface area contributed by atoms with Gasteiger partial charge in [-0.2, -0.15) is 0 Å². The van der Waals surface area contributed by atoms with Gasteiger partial charge >= 0.3 is 5.97 Å². The lowest BCUT2D eigenvalue weighted by Gasteiger charge is -2.33. The van der Waals surface area contributed by atoms with Crippen molar-refractivity contribution in [3.63, 3.8) is 0 Å². The van der Waals surface area contributed by atoms with E-state index in [1.165, 1.54) is 4.90 Å². The van der Waals surface area contributed by atoms with Crippen LogP contribution in [-0.2, 0) is 9.59 Å². The van der Waals surface area contributed by atoms with Crippen LogP contribution in [-0.4, -0.2) is 69.5 Å². The number of pyridine rings is 1. The number of anilines is 1. The van der Waals surface area contributed by atoms with Crippen LogP contribution in [0.15, 0.2) is 55.0 Å². The summed E-state index contributed by atoms with van der Waals surface area (Å²) in [6.45, 7) is 1.73. The van der Waals surface area contributed by atoms with Gasteiger partial charge in [0.2, 0.25) is 5.91 Å². The van der Waals surface area contributed by atoms with Crippen LogP contribution in [0.1, 0.15) is 29.6 Å². The molecule has 3 N–H and O–H groups in total. The highest BCUT2D eigenvalue weighted by molar-refractivity contribution is 6.00. The fourth-order valence-corrected chi connectivity index (χ4v) is 5.02. The summed E-state index contributed by atoms with van der Waals surface area (Å²) >= 11 is 0. The molecule has 2 amide bonds. The van der Waals surface area contributed by atoms with Crippen LogP contribution in [0.25, 0.3) is 10.9 Å². The molecule has 2 saturated heterocycles. The Morgan fingerprint density at radius 2 is 1.82 bits per heavy atom. The second-order valence-corrected chi connectivity index (χ2v) is 9.00. The van der Waals surface area contributed by atoms with Crippen LogP contribution in [0.4, 0.5) is 5.69 Å². The third kappa shape index (κ3) is 4.33. The van der Waals surface area contributed by atoms with Crippen LogP contribution < -0.4 is 10.2 Å². The van der Waals surface area contributed by atoms with Crippen LogP contribution in [0, 0.1) is 5.92 Å². The Labute approximate surface area is 196 Å². The molecule has 0 aliphatic carbocycles. The molecule has 176 valence electrons. The summed E-state index contributed by atoms with van der Waals surface area (Å²) in [6.07, 6.45) is 6.96. The number of fused-ring (bicyclic) bond motifs is 1. The van der Waals surface area contributed by atoms with Gasteiger partial charge in [0.05, 0.1) is 0 Å². The van der Waals surface area contributed by atoms with Gasteiger partial charge in [0, 0.05) is 73.4 Å². The Bertz CT molecular complexity index is 1200. The summed E-state index contributed by atoms with van der Waals surface area (Å²) in [5.41, 5.74) is 2.34. The maximum absolute atomic E-state index is 13.2. The number of carbonyl (C=O) groups is 3. The molecule has 2 unspecified atom stereocenters. The Morgan fingerprint density at radius 1 is 1.06 bits per heavy atom. The number of rotatable bonds is 5. The molecule has 0 saturated carbocycles. The summed E-state index contributed by atoms with van der Waals surface area (Å²) < 4.78 is 0. The molecule has 0 radical (unpaired) electrons. The first-order valence-corrected chi connectivity index (χ1v) is 11.6. The van der Waals surface area contributed by atoms with Crippen molar-refractivity contribution < 1.29 is 19.5 Å². The van der Waals surface area contributed by atoms with Crippen molar-refractivity contribution >= 4 is 34.4 Å². The van der Waals surface area contributed by atoms with Crippen molar-refractivity contribution in [2.75, 3.05) is 24.5 Å². The van der Waals surface area contributed by atoms with E-state index in [1.54, 1.807) is 30.7 Å². The van der Waals surface area contributed by atoms with Gasteiger partial charge in [-0.15, -0.1) is 0 Å². The molecule has 5 rings (SSSR count). The third-order valence-corrected chi connectivity index (χ3v) is 6.89. The zero-order chi connectivity index (χ0) is 23.7. The van der Waals surface area contributed by atoms with Gasteiger partial charge < -0.3 is 25.2 Å². The molecule has 0 spiro atoms. The van der Waals surface area contributed by atoms with E-state index < -0.39 is 12.0 Å². The van der Waals surface area contributed by atoms with E-state index in [2.05, 4.69) is 20.2 Å². The molecule has 4 heterocycles. The summed E-state index contributed by atoms with van der Waals surface area (Å²) in [4.78, 5) is 48.7. The van der Waals surface area contributed by atoms with E-state index in [0.29, 0.717) is 5.56 Å². The number of nitrogens with one attached hydrogen (secondary N) is 2. The minimum Gasteiger partial charge on any atom is -0.480 e. The largest absolute Gasteiger partial charge is 0.480 e. The number of carbonyl (C=O) groups excluding carboxylic acids is 2. The van der Waals surface area contributed by atoms with E-state index in [4.69, 9.17) is 0 Å². The second kappa shape index (κ2) is 9.17. The van der Waals surface area contributed by atoms with Gasteiger partial charge in [0.15, 0.2) is 0 Å². The molecule has 1 aromatic carbocycles. The number of aromatic nitrogens is 2. The topological polar surface area (TPSA) is 119 Å². The maximum atomic E-state index is 13.2. The molecule has 2 atom stereocenters. The number of hydrogen-bond acceptors (Lipinski definition) is 5. The van der Waals surface area contributed by atoms with Crippen LogP contribution >= 0.6 is 0 Å². The number of aliphatic carboxylic acids is 1. The number of nitrogens with zero attached hydrogens (tertiary/aromatic N) is 3. The fourth-order valence-electron chi connectivity index (χ4n) is 5.02. The first-order chi connectivity index (χ1) is 16.5. The molecule has 2 aromatic heterocycles. The number of carboxylic acids is 1. The molecule has 0 bridgehead atoms. The van der Waals surface area contributed by atoms with Crippen LogP contribution in [0.2, 0.25) is 0 Å². The Balaban J connectivity index is 1.21. The monoisotopic (exact) mass is 461 g/mol. The van der Waals surface area contributed by atoms with Gasteiger partial charge in [-0.25, -0.2) is 4.79 Å². The standard InChI is InChI=1S/C25H27N5O4/c31-23(17-6-11-29(12-7-17)20-4-8-26-9-5-20)28-19-14-22(25(33)34)30(15-19)24(32)18-2-1-16-3-10-27-21(16)13-18/h1-5,8-10,13,17,19,22,27H,6-7,11-12,14-15H2,(H,28,31)(H,33,34). The number of carboxylic acid groups (broad SMARTS) is 1. The molecule has 3 aromatic rings. The highest BCUT2D eigenvalue weighted by Crippen LogP contribution is 2.26. The summed E-state index contributed by atoms with van der Waals surface area (Å²) in [7, 11) is 0. The lowest BCUT2D eigenvalue weighted by molar-refractivity contribution is -0.141. The van der Waals surface area contributed by atoms with E-state index in [0.717, 1.165) is 42.5 Å². The van der Waals surface area contributed by atoms with Gasteiger partial charge in [0.1, 0.15) is 6.04 Å². The van der Waals surface area contributed by atoms with Crippen LogP contribution in [0.5, 0.6) is 0 Å². The van der Waals surface area contributed by atoms with Crippen LogP contribution in [0.3, 0.4) is 0 Å². The van der Waals surface area contributed by atoms with Gasteiger partial charge in [0.25, 0.3) is 5.91 Å². The summed E-state index contributed by atoms with van der Waals surface area (Å²) in [5, 5.41) is 13.7. The average Bonchev–Trinajstić information content (AvgIpc) is 3.51. The highest BCUT2D eigenvalue weighted by Gasteiger charge is 2.41. The van der Waals surface area contributed by atoms with Gasteiger partial charge in [-0.1, -0.05) is 6.07 Å². The maximum Gasteiger partial charge on any atom is 0.326 e. The molecular weight excluding hydrogens is 434 g/mol. The minimum atomic E-state index is -1.06. The summed E-state index contributed by atoms with van der Waals surface area (Å²) in [5.74, 6) is -1.59. The number of amides is 2. The number of piperidine rings is 1. The molecule has 34 heavy (non-hydrogen) atoms. The number of benzene rings is 1. The lowest BCUT2D eigenvalue weighted by atomic mass is 9.95. The number of aromatic amines is 1. The fraction of sp³-hybridized carbons (Fsp3) is 0.360. The molecule has 2 aliphatic rings. The highest BCUT2D eigenvalue weighted by atomic mass is 16.4. The van der Waals surface area contributed by atoms with E-state index in [-0.39, 0.29) is 36.7 Å². The Hall–Kier alpha value is -3.88. The van der Waals surface area contributed by atoms with Crippen molar-refractivity contribution in [3.8, 4) is 0 Å². The quantitative estimate of drug-likeness (QED) is 0.536. The predicted octanol–water partition coefficient (Wildman–Crippen LogP) is 2.26. The van der Waals surface area contributed by atoms with Gasteiger partial charge in [-0.05, 0) is 48.6 Å². The molecule has 9 nitrogen and oxygen atoms in total. The molecule has 2 fully saturated rings. The van der Waals surface area contributed by atoms with Crippen molar-refractivity contribution in [3.05, 3.63) is 60.6 Å². The number of likely N-dealkylation sites (tertiary alicyclic amines) is 1. The smallest absolute Gasteiger partial charge is 0.326 e. The van der Waals surface area contributed by atoms with E-state index in [9.17, 15) is 19.5 Å². The molecule has 2 aliphatic heterocycles. The van der Waals surface area contributed by atoms with E-state index in [1.807, 2.05) is 24.3 Å². The zero-order valence-electron chi connectivity index (χ0n) is 18.7. The lowest BCUT2D eigenvalue weighted by Crippen LogP contribution is -2.45. The normalized spacial score (nSPS) is 21.1. The average molecular weight is 462 g/mol. The third-order valence-electron chi connectivity index (χ3n) is 6.89. The molecular formula is C25H27N5O4. The van der Waals surface area contributed by atoms with Crippen molar-refractivity contribution in [2.45, 2.75) is 31.3 Å². The first kappa shape index (κ1) is 21.9. The van der Waals surface area contributed by atoms with Crippen molar-refractivity contribution in [1.29, 1.82) is 0 Å². The minimum absolute atomic E-state index is 0.0642. The zero-order valence-corrected chi connectivity index (χ0v) is 18.7. The summed E-state index contributed by atoms with van der Waals surface area (Å²) in [6, 6.07) is 9.76. The Kier molecular flexibility index (Phi) is 5.91. The number of H-pyrrole nitrogens is 1. The van der Waals surface area contributed by atoms with Crippen molar-refractivity contribution in [2.24, 2.45) is 5.92 Å². The first-order valence-electron chi connectivity index (χ1n) is 11.6. The van der Waals surface area contributed by atoms with Crippen molar-refractivity contribution in [1.82, 2.24) is 20.2 Å².